The summed E-state index contributed by atoms with van der Waals surface area (Å²) in [6.07, 6.45) is 1.10. The summed E-state index contributed by atoms with van der Waals surface area (Å²) in [4.78, 5) is 36.8. The fourth-order valence-corrected chi connectivity index (χ4v) is 2.99. The minimum Gasteiger partial charge on any atom is -0.461 e. The Morgan fingerprint density at radius 3 is 2.44 bits per heavy atom. The average Bonchev–Trinajstić information content (AvgIpc) is 2.63. The Hall–Kier alpha value is -3.16. The van der Waals surface area contributed by atoms with Crippen LogP contribution < -0.4 is 0 Å². The van der Waals surface area contributed by atoms with Gasteiger partial charge < -0.3 is 9.47 Å². The molecular formula is C19H22N2O6. The first-order chi connectivity index (χ1) is 12.8. The zero-order valence-electron chi connectivity index (χ0n) is 15.7. The van der Waals surface area contributed by atoms with E-state index in [4.69, 9.17) is 9.47 Å². The average molecular weight is 374 g/mol. The minimum atomic E-state index is -0.675. The number of rotatable bonds is 5. The minimum absolute atomic E-state index is 0.0446. The van der Waals surface area contributed by atoms with Crippen LogP contribution in [0.1, 0.15) is 39.2 Å². The molecule has 1 aliphatic heterocycles. The van der Waals surface area contributed by atoms with Gasteiger partial charge in [-0.1, -0.05) is 18.2 Å². The number of carbonyl (C=O) groups is 2. The van der Waals surface area contributed by atoms with Gasteiger partial charge in [0.2, 0.25) is 0 Å². The van der Waals surface area contributed by atoms with Gasteiger partial charge in [-0.25, -0.2) is 14.5 Å². The number of carbonyl (C=O) groups excluding carboxylic acids is 2. The summed E-state index contributed by atoms with van der Waals surface area (Å²) in [6, 6.07) is 6.19. The number of hydrogen-bond donors (Lipinski definition) is 0. The van der Waals surface area contributed by atoms with Crippen molar-refractivity contribution < 1.29 is 24.0 Å². The molecule has 1 atom stereocenters. The molecule has 1 aromatic rings. The lowest BCUT2D eigenvalue weighted by Crippen LogP contribution is -2.37. The maximum absolute atomic E-state index is 12.6. The van der Waals surface area contributed by atoms with E-state index >= 15 is 0 Å². The molecule has 0 aliphatic carbocycles. The Bertz CT molecular complexity index is 827. The number of esters is 1. The lowest BCUT2D eigenvalue weighted by molar-refractivity contribution is -0.384. The second kappa shape index (κ2) is 8.48. The zero-order valence-corrected chi connectivity index (χ0v) is 15.7. The highest BCUT2D eigenvalue weighted by Crippen LogP contribution is 2.37. The Balaban J connectivity index is 2.57. The molecule has 0 spiro atoms. The van der Waals surface area contributed by atoms with E-state index in [1.165, 1.54) is 17.0 Å². The van der Waals surface area contributed by atoms with E-state index in [2.05, 4.69) is 0 Å². The van der Waals surface area contributed by atoms with Gasteiger partial charge in [-0.2, -0.15) is 0 Å². The quantitative estimate of drug-likeness (QED) is 0.440. The van der Waals surface area contributed by atoms with E-state index in [1.807, 2.05) is 0 Å². The molecular weight excluding hydrogens is 352 g/mol. The van der Waals surface area contributed by atoms with Crippen molar-refractivity contribution in [1.29, 1.82) is 0 Å². The van der Waals surface area contributed by atoms with E-state index in [9.17, 15) is 19.7 Å². The van der Waals surface area contributed by atoms with Crippen LogP contribution in [0, 0.1) is 10.1 Å². The number of nitro benzene ring substituents is 1. The molecule has 0 fully saturated rings. The molecule has 1 unspecified atom stereocenters. The predicted molar refractivity (Wildman–Crippen MR) is 97.8 cm³/mol. The summed E-state index contributed by atoms with van der Waals surface area (Å²) in [5.41, 5.74) is 1.71. The summed E-state index contributed by atoms with van der Waals surface area (Å²) >= 11 is 0. The van der Waals surface area contributed by atoms with Crippen LogP contribution >= 0.6 is 0 Å². The van der Waals surface area contributed by atoms with Gasteiger partial charge in [-0.3, -0.25) is 10.1 Å². The fourth-order valence-electron chi connectivity index (χ4n) is 2.99. The predicted octanol–water partition coefficient (Wildman–Crippen LogP) is 3.89. The van der Waals surface area contributed by atoms with Crippen molar-refractivity contribution in [2.45, 2.75) is 33.6 Å². The molecule has 0 aromatic heterocycles. The van der Waals surface area contributed by atoms with Gasteiger partial charge in [0.15, 0.2) is 0 Å². The maximum atomic E-state index is 12.6. The van der Waals surface area contributed by atoms with Crippen molar-refractivity contribution in [3.63, 3.8) is 0 Å². The van der Waals surface area contributed by atoms with Crippen molar-refractivity contribution in [3.05, 3.63) is 63.0 Å². The summed E-state index contributed by atoms with van der Waals surface area (Å²) in [6.45, 7) is 7.03. The molecule has 27 heavy (non-hydrogen) atoms. The van der Waals surface area contributed by atoms with E-state index < -0.39 is 22.9 Å². The van der Waals surface area contributed by atoms with Crippen LogP contribution in [0.3, 0.4) is 0 Å². The highest BCUT2D eigenvalue weighted by atomic mass is 16.6. The van der Waals surface area contributed by atoms with Crippen LogP contribution in [0.25, 0.3) is 0 Å². The van der Waals surface area contributed by atoms with Crippen LogP contribution in [-0.2, 0) is 14.3 Å². The molecule has 1 aromatic carbocycles. The van der Waals surface area contributed by atoms with Crippen LogP contribution in [0.15, 0.2) is 47.3 Å². The second-order valence-corrected chi connectivity index (χ2v) is 5.92. The molecule has 0 saturated heterocycles. The first-order valence-electron chi connectivity index (χ1n) is 8.59. The van der Waals surface area contributed by atoms with Gasteiger partial charge >= 0.3 is 12.1 Å². The van der Waals surface area contributed by atoms with Gasteiger partial charge in [0.1, 0.15) is 5.70 Å². The van der Waals surface area contributed by atoms with Crippen molar-refractivity contribution in [1.82, 2.24) is 4.90 Å². The van der Waals surface area contributed by atoms with Crippen molar-refractivity contribution in [2.24, 2.45) is 0 Å². The Morgan fingerprint density at radius 2 is 1.85 bits per heavy atom. The number of benzene rings is 1. The smallest absolute Gasteiger partial charge is 0.418 e. The Kier molecular flexibility index (Phi) is 6.33. The summed E-state index contributed by atoms with van der Waals surface area (Å²) < 4.78 is 10.2. The third kappa shape index (κ3) is 4.16. The summed E-state index contributed by atoms with van der Waals surface area (Å²) in [5.74, 6) is -1.05. The van der Waals surface area contributed by atoms with Gasteiger partial charge in [0.25, 0.3) is 5.69 Å². The van der Waals surface area contributed by atoms with Gasteiger partial charge in [0.05, 0.1) is 18.1 Å². The first-order valence-corrected chi connectivity index (χ1v) is 8.59. The molecule has 1 heterocycles. The van der Waals surface area contributed by atoms with Crippen molar-refractivity contribution in [3.8, 4) is 0 Å². The molecule has 144 valence electrons. The lowest BCUT2D eigenvalue weighted by Gasteiger charge is -2.32. The standard InChI is InChI=1S/C19H22N2O6/c1-5-26-18(22)17-13(4)16(10-12(3)20(17)19(23)27-6-2)14-8-7-9-15(11-14)21(24)25/h7-11,16H,5-6H2,1-4H3. The fraction of sp³-hybridized carbons (Fsp3) is 0.368. The number of amides is 1. The van der Waals surface area contributed by atoms with Crippen LogP contribution in [0.4, 0.5) is 10.5 Å². The Morgan fingerprint density at radius 1 is 1.19 bits per heavy atom. The monoisotopic (exact) mass is 374 g/mol. The van der Waals surface area contributed by atoms with E-state index in [0.29, 0.717) is 16.8 Å². The van der Waals surface area contributed by atoms with Gasteiger partial charge in [-0.15, -0.1) is 0 Å². The van der Waals surface area contributed by atoms with Crippen LogP contribution in [-0.4, -0.2) is 35.1 Å². The number of allylic oxidation sites excluding steroid dienone is 3. The van der Waals surface area contributed by atoms with E-state index in [-0.39, 0.29) is 24.6 Å². The van der Waals surface area contributed by atoms with Gasteiger partial charge in [0, 0.05) is 23.7 Å². The molecule has 1 aliphatic rings. The third-order valence-electron chi connectivity index (χ3n) is 4.18. The van der Waals surface area contributed by atoms with E-state index in [1.54, 1.807) is 45.9 Å². The van der Waals surface area contributed by atoms with E-state index in [0.717, 1.165) is 0 Å². The first kappa shape index (κ1) is 20.2. The number of ether oxygens (including phenoxy) is 2. The van der Waals surface area contributed by atoms with Crippen LogP contribution in [0.5, 0.6) is 0 Å². The molecule has 0 radical (unpaired) electrons. The largest absolute Gasteiger partial charge is 0.461 e. The molecule has 0 saturated carbocycles. The zero-order chi connectivity index (χ0) is 20.1. The molecule has 8 heteroatoms. The van der Waals surface area contributed by atoms with Crippen molar-refractivity contribution >= 4 is 17.7 Å². The van der Waals surface area contributed by atoms with Crippen LogP contribution in [0.2, 0.25) is 0 Å². The lowest BCUT2D eigenvalue weighted by atomic mass is 9.86. The third-order valence-corrected chi connectivity index (χ3v) is 4.18. The molecule has 0 bridgehead atoms. The highest BCUT2D eigenvalue weighted by molar-refractivity contribution is 5.95. The normalized spacial score (nSPS) is 16.7. The highest BCUT2D eigenvalue weighted by Gasteiger charge is 2.35. The number of nitro groups is 1. The topological polar surface area (TPSA) is 99.0 Å². The maximum Gasteiger partial charge on any atom is 0.418 e. The van der Waals surface area contributed by atoms with Gasteiger partial charge in [-0.05, 0) is 38.8 Å². The summed E-state index contributed by atoms with van der Waals surface area (Å²) in [7, 11) is 0. The molecule has 2 rings (SSSR count). The number of nitrogens with zero attached hydrogens (tertiary/aromatic N) is 2. The molecule has 8 nitrogen and oxygen atoms in total. The number of hydrogen-bond acceptors (Lipinski definition) is 6. The van der Waals surface area contributed by atoms with Crippen molar-refractivity contribution in [2.75, 3.05) is 13.2 Å². The molecule has 1 amide bonds. The SMILES string of the molecule is CCOC(=O)C1=C(C)C(c2cccc([N+](=O)[O-])c2)C=C(C)N1C(=O)OCC. The Labute approximate surface area is 157 Å². The summed E-state index contributed by atoms with van der Waals surface area (Å²) in [5, 5.41) is 11.1. The number of non-ortho nitro benzene ring substituents is 1. The molecule has 0 N–H and O–H groups in total. The second-order valence-electron chi connectivity index (χ2n) is 5.92.